The molecule has 1 aliphatic rings. The van der Waals surface area contributed by atoms with Crippen LogP contribution in [-0.4, -0.2) is 46.6 Å². The van der Waals surface area contributed by atoms with Gasteiger partial charge in [-0.1, -0.05) is 24.7 Å². The zero-order valence-electron chi connectivity index (χ0n) is 12.3. The monoisotopic (exact) mass is 287 g/mol. The predicted octanol–water partition coefficient (Wildman–Crippen LogP) is 0.769. The molecule has 5 heteroatoms. The highest BCUT2D eigenvalue weighted by atomic mass is 16.3. The third-order valence-corrected chi connectivity index (χ3v) is 3.79. The second-order valence-corrected chi connectivity index (χ2v) is 5.52. The second-order valence-electron chi connectivity index (χ2n) is 5.52. The molecule has 0 aliphatic heterocycles. The summed E-state index contributed by atoms with van der Waals surface area (Å²) in [4.78, 5) is 18.1. The average Bonchev–Trinajstić information content (AvgIpc) is 2.91. The van der Waals surface area contributed by atoms with E-state index >= 15 is 0 Å². The van der Waals surface area contributed by atoms with E-state index in [4.69, 9.17) is 5.73 Å². The van der Waals surface area contributed by atoms with Gasteiger partial charge in [-0.2, -0.15) is 0 Å². The summed E-state index contributed by atoms with van der Waals surface area (Å²) in [5.41, 5.74) is 5.68. The first kappa shape index (κ1) is 15.5. The number of carbonyl (C=O) groups is 1. The molecule has 0 saturated heterocycles. The lowest BCUT2D eigenvalue weighted by atomic mass is 10.0. The van der Waals surface area contributed by atoms with Crippen LogP contribution in [0.3, 0.4) is 0 Å². The lowest BCUT2D eigenvalue weighted by molar-refractivity contribution is 0.0156. The van der Waals surface area contributed by atoms with Crippen molar-refractivity contribution in [2.24, 2.45) is 5.73 Å². The van der Waals surface area contributed by atoms with E-state index in [1.54, 1.807) is 30.4 Å². The zero-order valence-corrected chi connectivity index (χ0v) is 12.3. The van der Waals surface area contributed by atoms with Gasteiger partial charge in [-0.25, -0.2) is 0 Å². The van der Waals surface area contributed by atoms with Crippen molar-refractivity contribution in [2.45, 2.75) is 31.3 Å². The van der Waals surface area contributed by atoms with Crippen molar-refractivity contribution in [1.82, 2.24) is 9.88 Å². The van der Waals surface area contributed by atoms with E-state index in [0.717, 1.165) is 25.7 Å². The van der Waals surface area contributed by atoms with Gasteiger partial charge < -0.3 is 15.7 Å². The molecule has 1 fully saturated rings. The van der Waals surface area contributed by atoms with E-state index in [-0.39, 0.29) is 12.5 Å². The Morgan fingerprint density at radius 3 is 2.90 bits per heavy atom. The molecule has 0 atom stereocenters. The minimum absolute atomic E-state index is 0.154. The highest BCUT2D eigenvalue weighted by Gasteiger charge is 2.33. The highest BCUT2D eigenvalue weighted by molar-refractivity contribution is 5.96. The Bertz CT molecular complexity index is 568. The lowest BCUT2D eigenvalue weighted by Crippen LogP contribution is -2.42. The topological polar surface area (TPSA) is 79.5 Å². The van der Waals surface area contributed by atoms with Crippen molar-refractivity contribution in [1.29, 1.82) is 0 Å². The molecule has 1 saturated carbocycles. The molecular weight excluding hydrogens is 266 g/mol. The Balaban J connectivity index is 2.15. The normalized spacial score (nSPS) is 16.1. The maximum atomic E-state index is 12.5. The Labute approximate surface area is 125 Å². The van der Waals surface area contributed by atoms with Crippen LogP contribution in [0.5, 0.6) is 0 Å². The van der Waals surface area contributed by atoms with Crippen LogP contribution in [-0.2, 0) is 0 Å². The molecule has 112 valence electrons. The number of nitrogens with zero attached hydrogens (tertiary/aromatic N) is 2. The fourth-order valence-electron chi connectivity index (χ4n) is 2.74. The predicted molar refractivity (Wildman–Crippen MR) is 80.5 cm³/mol. The molecule has 1 aliphatic carbocycles. The summed E-state index contributed by atoms with van der Waals surface area (Å²) in [6, 6.07) is 1.65. The van der Waals surface area contributed by atoms with E-state index < -0.39 is 5.60 Å². The van der Waals surface area contributed by atoms with E-state index in [2.05, 4.69) is 16.8 Å². The van der Waals surface area contributed by atoms with Crippen molar-refractivity contribution in [3.63, 3.8) is 0 Å². The maximum absolute atomic E-state index is 12.5. The Morgan fingerprint density at radius 1 is 1.52 bits per heavy atom. The van der Waals surface area contributed by atoms with Gasteiger partial charge in [0, 0.05) is 26.0 Å². The standard InChI is InChI=1S/C16H21N3O2/c1-19(12-16(21)7-2-3-8-16)15(20)14-6-10-18-11-13(14)5-4-9-17/h6,10-11,21H,2-3,7-9,12,17H2,1H3. The molecule has 1 heterocycles. The molecule has 1 aromatic heterocycles. The number of hydrogen-bond acceptors (Lipinski definition) is 4. The largest absolute Gasteiger partial charge is 0.388 e. The molecule has 21 heavy (non-hydrogen) atoms. The van der Waals surface area contributed by atoms with Crippen molar-refractivity contribution in [2.75, 3.05) is 20.1 Å². The first-order valence-electron chi connectivity index (χ1n) is 7.16. The quantitative estimate of drug-likeness (QED) is 0.805. The minimum Gasteiger partial charge on any atom is -0.388 e. The maximum Gasteiger partial charge on any atom is 0.255 e. The molecule has 0 radical (unpaired) electrons. The lowest BCUT2D eigenvalue weighted by Gasteiger charge is -2.28. The van der Waals surface area contributed by atoms with Gasteiger partial charge in [0.15, 0.2) is 0 Å². The summed E-state index contributed by atoms with van der Waals surface area (Å²) in [6.45, 7) is 0.579. The summed E-state index contributed by atoms with van der Waals surface area (Å²) in [5.74, 6) is 5.45. The number of aromatic nitrogens is 1. The van der Waals surface area contributed by atoms with Gasteiger partial charge in [-0.05, 0) is 18.9 Å². The van der Waals surface area contributed by atoms with Crippen LogP contribution in [0, 0.1) is 11.8 Å². The number of likely N-dealkylation sites (N-methyl/N-ethyl adjacent to an activating group) is 1. The van der Waals surface area contributed by atoms with Gasteiger partial charge in [0.2, 0.25) is 0 Å². The zero-order chi connectivity index (χ0) is 15.3. The first-order chi connectivity index (χ1) is 10.1. The van der Waals surface area contributed by atoms with E-state index in [1.807, 2.05) is 0 Å². The second kappa shape index (κ2) is 6.70. The van der Waals surface area contributed by atoms with Gasteiger partial charge in [-0.15, -0.1) is 0 Å². The molecule has 0 aromatic carbocycles. The molecule has 5 nitrogen and oxygen atoms in total. The summed E-state index contributed by atoms with van der Waals surface area (Å²) in [5, 5.41) is 10.4. The smallest absolute Gasteiger partial charge is 0.255 e. The number of carbonyl (C=O) groups excluding carboxylic acids is 1. The van der Waals surface area contributed by atoms with E-state index in [9.17, 15) is 9.90 Å². The summed E-state index contributed by atoms with van der Waals surface area (Å²) in [6.07, 6.45) is 6.66. The molecule has 0 unspecified atom stereocenters. The SMILES string of the molecule is CN(CC1(O)CCCC1)C(=O)c1ccncc1C#CCN. The molecule has 2 rings (SSSR count). The van der Waals surface area contributed by atoms with Gasteiger partial charge in [0.05, 0.1) is 23.3 Å². The van der Waals surface area contributed by atoms with Crippen molar-refractivity contribution < 1.29 is 9.90 Å². The molecule has 0 bridgehead atoms. The third kappa shape index (κ3) is 3.81. The van der Waals surface area contributed by atoms with Crippen molar-refractivity contribution >= 4 is 5.91 Å². The van der Waals surface area contributed by atoms with Crippen LogP contribution in [0.15, 0.2) is 18.5 Å². The number of amides is 1. The summed E-state index contributed by atoms with van der Waals surface area (Å²) >= 11 is 0. The Morgan fingerprint density at radius 2 is 2.24 bits per heavy atom. The van der Waals surface area contributed by atoms with Crippen LogP contribution in [0.1, 0.15) is 41.6 Å². The molecule has 1 amide bonds. The number of rotatable bonds is 3. The molecule has 3 N–H and O–H groups in total. The minimum atomic E-state index is -0.749. The van der Waals surface area contributed by atoms with Crippen LogP contribution < -0.4 is 5.73 Å². The van der Waals surface area contributed by atoms with Crippen LogP contribution in [0.4, 0.5) is 0 Å². The van der Waals surface area contributed by atoms with E-state index in [1.165, 1.54) is 0 Å². The van der Waals surface area contributed by atoms with Crippen molar-refractivity contribution in [3.8, 4) is 11.8 Å². The number of pyridine rings is 1. The van der Waals surface area contributed by atoms with Gasteiger partial charge in [0.1, 0.15) is 0 Å². The number of hydrogen-bond donors (Lipinski definition) is 2. The van der Waals surface area contributed by atoms with Crippen LogP contribution in [0.2, 0.25) is 0 Å². The van der Waals surface area contributed by atoms with Crippen molar-refractivity contribution in [3.05, 3.63) is 29.6 Å². The van der Waals surface area contributed by atoms with Crippen LogP contribution in [0.25, 0.3) is 0 Å². The van der Waals surface area contributed by atoms with Gasteiger partial charge in [-0.3, -0.25) is 9.78 Å². The number of aliphatic hydroxyl groups is 1. The number of nitrogens with two attached hydrogens (primary N) is 1. The fraction of sp³-hybridized carbons (Fsp3) is 0.500. The fourth-order valence-corrected chi connectivity index (χ4v) is 2.74. The molecular formula is C16H21N3O2. The molecule has 1 aromatic rings. The van der Waals surface area contributed by atoms with Crippen LogP contribution >= 0.6 is 0 Å². The first-order valence-corrected chi connectivity index (χ1v) is 7.16. The average molecular weight is 287 g/mol. The summed E-state index contributed by atoms with van der Waals surface area (Å²) < 4.78 is 0. The Hall–Kier alpha value is -1.90. The van der Waals surface area contributed by atoms with Gasteiger partial charge in [0.25, 0.3) is 5.91 Å². The summed E-state index contributed by atoms with van der Waals surface area (Å²) in [7, 11) is 1.71. The van der Waals surface area contributed by atoms with Gasteiger partial charge >= 0.3 is 0 Å². The highest BCUT2D eigenvalue weighted by Crippen LogP contribution is 2.30. The molecule has 0 spiro atoms. The van der Waals surface area contributed by atoms with E-state index in [0.29, 0.717) is 17.7 Å². The Kier molecular flexibility index (Phi) is 4.94. The third-order valence-electron chi connectivity index (χ3n) is 3.79.